The molecule has 50 heavy (non-hydrogen) atoms. The second kappa shape index (κ2) is 16.1. The Bertz CT molecular complexity index is 1790. The molecule has 0 bridgehead atoms. The number of Topliss-reactive ketones (excluding diaryl/α,β-unsaturated/α-hetero) is 2. The number of ketones is 2. The SMILES string of the molecule is CCc1cc(COc2cc3c(cc2C)C(=O)N2c4ccccc4C[C@H]2CN3)cc(NC(=O)[C@H](C)CC(=O)[C@H](C)NC(=O)CCCCC(C)=O)c1. The minimum absolute atomic E-state index is 0.0137. The third-order valence-electron chi connectivity index (χ3n) is 9.49. The van der Waals surface area contributed by atoms with E-state index in [0.717, 1.165) is 40.9 Å². The van der Waals surface area contributed by atoms with E-state index in [2.05, 4.69) is 22.0 Å². The Morgan fingerprint density at radius 2 is 1.74 bits per heavy atom. The van der Waals surface area contributed by atoms with Crippen LogP contribution in [0.15, 0.2) is 54.6 Å². The highest BCUT2D eigenvalue weighted by Gasteiger charge is 2.37. The quantitative estimate of drug-likeness (QED) is 0.160. The van der Waals surface area contributed by atoms with Crippen LogP contribution in [0.2, 0.25) is 0 Å². The number of unbranched alkanes of at least 4 members (excludes halogenated alkanes) is 1. The molecule has 3 N–H and O–H groups in total. The van der Waals surface area contributed by atoms with Gasteiger partial charge < -0.3 is 30.4 Å². The monoisotopic (exact) mass is 680 g/mol. The average Bonchev–Trinajstić information content (AvgIpc) is 3.40. The second-order valence-electron chi connectivity index (χ2n) is 13.6. The fourth-order valence-corrected chi connectivity index (χ4v) is 6.60. The summed E-state index contributed by atoms with van der Waals surface area (Å²) in [5, 5.41) is 9.15. The van der Waals surface area contributed by atoms with Gasteiger partial charge in [-0.3, -0.25) is 19.2 Å². The highest BCUT2D eigenvalue weighted by Crippen LogP contribution is 2.38. The third-order valence-corrected chi connectivity index (χ3v) is 9.49. The number of carbonyl (C=O) groups is 5. The summed E-state index contributed by atoms with van der Waals surface area (Å²) in [4.78, 5) is 64.9. The molecule has 3 aromatic carbocycles. The Morgan fingerprint density at radius 3 is 2.50 bits per heavy atom. The zero-order chi connectivity index (χ0) is 35.9. The Balaban J connectivity index is 1.18. The lowest BCUT2D eigenvalue weighted by atomic mass is 9.99. The topological polar surface area (TPSA) is 134 Å². The molecule has 0 radical (unpaired) electrons. The molecule has 10 nitrogen and oxygen atoms in total. The van der Waals surface area contributed by atoms with Gasteiger partial charge in [0.15, 0.2) is 5.78 Å². The molecule has 3 atom stereocenters. The van der Waals surface area contributed by atoms with Gasteiger partial charge in [0.2, 0.25) is 11.8 Å². The smallest absolute Gasteiger partial charge is 0.260 e. The van der Waals surface area contributed by atoms with E-state index in [1.165, 1.54) is 12.5 Å². The van der Waals surface area contributed by atoms with Crippen LogP contribution in [-0.2, 0) is 38.6 Å². The van der Waals surface area contributed by atoms with Crippen LogP contribution in [0, 0.1) is 12.8 Å². The number of para-hydroxylation sites is 1. The van der Waals surface area contributed by atoms with Crippen molar-refractivity contribution < 1.29 is 28.7 Å². The molecule has 0 aromatic heterocycles. The molecule has 0 saturated carbocycles. The van der Waals surface area contributed by atoms with Crippen LogP contribution in [0.4, 0.5) is 17.1 Å². The minimum atomic E-state index is -0.712. The van der Waals surface area contributed by atoms with Gasteiger partial charge in [-0.2, -0.15) is 0 Å². The first-order valence-corrected chi connectivity index (χ1v) is 17.6. The van der Waals surface area contributed by atoms with E-state index >= 15 is 0 Å². The first kappa shape index (κ1) is 36.3. The number of anilines is 3. The summed E-state index contributed by atoms with van der Waals surface area (Å²) in [5.41, 5.74) is 6.90. The molecule has 3 aromatic rings. The summed E-state index contributed by atoms with van der Waals surface area (Å²) in [6.07, 6.45) is 3.46. The number of hydrogen-bond donors (Lipinski definition) is 3. The third kappa shape index (κ3) is 8.77. The van der Waals surface area contributed by atoms with Crippen LogP contribution >= 0.6 is 0 Å². The van der Waals surface area contributed by atoms with Gasteiger partial charge in [0.1, 0.15) is 18.1 Å². The maximum absolute atomic E-state index is 13.7. The number of nitrogens with zero attached hydrogens (tertiary/aromatic N) is 1. The van der Waals surface area contributed by atoms with Crippen LogP contribution < -0.4 is 25.6 Å². The number of carbonyl (C=O) groups excluding carboxylic acids is 5. The fraction of sp³-hybridized carbons (Fsp3) is 0.425. The van der Waals surface area contributed by atoms with Gasteiger partial charge in [-0.25, -0.2) is 0 Å². The molecule has 2 aliphatic rings. The van der Waals surface area contributed by atoms with E-state index in [9.17, 15) is 24.0 Å². The van der Waals surface area contributed by atoms with Crippen LogP contribution in [-0.4, -0.2) is 47.9 Å². The van der Waals surface area contributed by atoms with E-state index in [-0.39, 0.29) is 54.8 Å². The molecule has 0 spiro atoms. The molecule has 264 valence electrons. The molecule has 5 rings (SSSR count). The summed E-state index contributed by atoms with van der Waals surface area (Å²) in [6.45, 7) is 9.71. The molecule has 10 heteroatoms. The first-order valence-electron chi connectivity index (χ1n) is 17.6. The Morgan fingerprint density at radius 1 is 1.00 bits per heavy atom. The van der Waals surface area contributed by atoms with Gasteiger partial charge >= 0.3 is 0 Å². The van der Waals surface area contributed by atoms with Crippen molar-refractivity contribution in [1.82, 2.24) is 5.32 Å². The van der Waals surface area contributed by atoms with Gasteiger partial charge in [-0.15, -0.1) is 0 Å². The van der Waals surface area contributed by atoms with Crippen LogP contribution in [0.5, 0.6) is 5.75 Å². The number of rotatable bonds is 15. The Labute approximate surface area is 294 Å². The predicted octanol–water partition coefficient (Wildman–Crippen LogP) is 6.32. The van der Waals surface area contributed by atoms with Crippen molar-refractivity contribution in [3.8, 4) is 5.75 Å². The highest BCUT2D eigenvalue weighted by molar-refractivity contribution is 6.12. The van der Waals surface area contributed by atoms with Gasteiger partial charge in [-0.1, -0.05) is 38.1 Å². The molecule has 3 amide bonds. The molecule has 2 aliphatic heterocycles. The van der Waals surface area contributed by atoms with Gasteiger partial charge in [0, 0.05) is 49.2 Å². The fourth-order valence-electron chi connectivity index (χ4n) is 6.60. The van der Waals surface area contributed by atoms with Crippen molar-refractivity contribution in [1.29, 1.82) is 0 Å². The van der Waals surface area contributed by atoms with Gasteiger partial charge in [0.25, 0.3) is 5.91 Å². The lowest BCUT2D eigenvalue weighted by Gasteiger charge is -2.22. The molecule has 0 aliphatic carbocycles. The summed E-state index contributed by atoms with van der Waals surface area (Å²) in [6, 6.07) is 17.0. The van der Waals surface area contributed by atoms with Crippen molar-refractivity contribution >= 4 is 46.4 Å². The lowest BCUT2D eigenvalue weighted by Crippen LogP contribution is -2.39. The number of hydrogen-bond acceptors (Lipinski definition) is 7. The zero-order valence-corrected chi connectivity index (χ0v) is 29.7. The number of aryl methyl sites for hydroxylation is 2. The first-order chi connectivity index (χ1) is 23.9. The van der Waals surface area contributed by atoms with E-state index in [1.807, 2.05) is 67.3 Å². The molecular formula is C40H48N4O6. The van der Waals surface area contributed by atoms with Crippen molar-refractivity contribution in [3.63, 3.8) is 0 Å². The molecular weight excluding hydrogens is 632 g/mol. The van der Waals surface area contributed by atoms with E-state index in [0.29, 0.717) is 42.8 Å². The number of benzene rings is 3. The highest BCUT2D eigenvalue weighted by atomic mass is 16.5. The molecule has 2 heterocycles. The second-order valence-corrected chi connectivity index (χ2v) is 13.6. The maximum atomic E-state index is 13.7. The van der Waals surface area contributed by atoms with Crippen LogP contribution in [0.25, 0.3) is 0 Å². The van der Waals surface area contributed by atoms with E-state index in [1.54, 1.807) is 13.8 Å². The largest absolute Gasteiger partial charge is 0.489 e. The molecule has 0 unspecified atom stereocenters. The summed E-state index contributed by atoms with van der Waals surface area (Å²) < 4.78 is 6.30. The zero-order valence-electron chi connectivity index (χ0n) is 29.7. The van der Waals surface area contributed by atoms with Crippen molar-refractivity contribution in [3.05, 3.63) is 82.4 Å². The number of amides is 3. The van der Waals surface area contributed by atoms with Gasteiger partial charge in [0.05, 0.1) is 23.3 Å². The van der Waals surface area contributed by atoms with Crippen molar-refractivity contribution in [2.75, 3.05) is 22.1 Å². The number of ether oxygens (including phenoxy) is 1. The number of fused-ring (bicyclic) bond motifs is 4. The average molecular weight is 681 g/mol. The Kier molecular flexibility index (Phi) is 11.7. The number of nitrogens with one attached hydrogen (secondary N) is 3. The summed E-state index contributed by atoms with van der Waals surface area (Å²) in [7, 11) is 0. The van der Waals surface area contributed by atoms with Crippen LogP contribution in [0.1, 0.15) is 92.4 Å². The van der Waals surface area contributed by atoms with Crippen molar-refractivity contribution in [2.45, 2.75) is 98.3 Å². The minimum Gasteiger partial charge on any atom is -0.489 e. The predicted molar refractivity (Wildman–Crippen MR) is 195 cm³/mol. The molecule has 0 fully saturated rings. The normalized spacial score (nSPS) is 15.8. The van der Waals surface area contributed by atoms with Crippen molar-refractivity contribution in [2.24, 2.45) is 5.92 Å². The summed E-state index contributed by atoms with van der Waals surface area (Å²) >= 11 is 0. The van der Waals surface area contributed by atoms with E-state index in [4.69, 9.17) is 4.74 Å². The summed E-state index contributed by atoms with van der Waals surface area (Å²) in [5.74, 6) is -0.617. The lowest BCUT2D eigenvalue weighted by molar-refractivity contribution is -0.129. The maximum Gasteiger partial charge on any atom is 0.260 e. The van der Waals surface area contributed by atoms with E-state index < -0.39 is 12.0 Å². The Hall–Kier alpha value is -4.99. The standard InChI is InChI=1S/C40H48N4O6/c1-6-28-17-29(19-31(18-28)43-39(48)25(3)16-36(46)27(5)42-38(47)14-10-7-11-26(4)45)23-50-37-21-34-33(15-24(37)2)40(49)44-32(22-41-34)20-30-12-8-9-13-35(30)44/h8-9,12-13,15,17-19,21,25,27,32,41H,6-7,10-11,14,16,20,22-23H2,1-5H3,(H,42,47)(H,43,48)/t25-,27+,32+/m1/s1. The molecule has 0 saturated heterocycles. The van der Waals surface area contributed by atoms with Gasteiger partial charge in [-0.05, 0) is 93.0 Å². The van der Waals surface area contributed by atoms with Crippen LogP contribution in [0.3, 0.4) is 0 Å².